The van der Waals surface area contributed by atoms with Crippen LogP contribution in [0.5, 0.6) is 0 Å². The highest BCUT2D eigenvalue weighted by Crippen LogP contribution is 2.24. The van der Waals surface area contributed by atoms with Crippen molar-refractivity contribution in [2.45, 2.75) is 6.54 Å². The minimum atomic E-state index is 0.472. The second-order valence-electron chi connectivity index (χ2n) is 3.60. The first-order chi connectivity index (χ1) is 8.72. The lowest BCUT2D eigenvalue weighted by molar-refractivity contribution is 0.744. The van der Waals surface area contributed by atoms with E-state index >= 15 is 0 Å². The number of hydrogen-bond acceptors (Lipinski definition) is 2. The zero-order chi connectivity index (χ0) is 13.0. The van der Waals surface area contributed by atoms with Crippen LogP contribution < -0.4 is 5.49 Å². The van der Waals surface area contributed by atoms with Gasteiger partial charge in [-0.15, -0.1) is 0 Å². The Hall–Kier alpha value is -1.76. The summed E-state index contributed by atoms with van der Waals surface area (Å²) >= 11 is 12.2. The maximum Gasteiger partial charge on any atom is 0.207 e. The number of nitrogens with zero attached hydrogens (tertiary/aromatic N) is 3. The van der Waals surface area contributed by atoms with E-state index < -0.39 is 0 Å². The molecule has 0 aliphatic carbocycles. The van der Waals surface area contributed by atoms with E-state index in [1.54, 1.807) is 30.5 Å². The van der Waals surface area contributed by atoms with Gasteiger partial charge in [0.25, 0.3) is 0 Å². The van der Waals surface area contributed by atoms with E-state index in [4.69, 9.17) is 28.5 Å². The molecule has 2 aromatic rings. The zero-order valence-electron chi connectivity index (χ0n) is 9.35. The van der Waals surface area contributed by atoms with Crippen molar-refractivity contribution in [3.05, 3.63) is 63.7 Å². The second kappa shape index (κ2) is 5.72. The molecular formula is C13H9Cl2N3. The SMILES string of the molecule is N#C/N=c1\ccccn1Cc1c(Cl)cccc1Cl. The van der Waals surface area contributed by atoms with Gasteiger partial charge in [0.2, 0.25) is 6.19 Å². The van der Waals surface area contributed by atoms with Crippen molar-refractivity contribution in [3.63, 3.8) is 0 Å². The standard InChI is InChI=1S/C13H9Cl2N3/c14-11-4-3-5-12(15)10(11)8-18-7-2-1-6-13(18)17-9-16/h1-7H,8H2/b17-13+. The molecule has 0 spiro atoms. The fourth-order valence-electron chi connectivity index (χ4n) is 1.61. The van der Waals surface area contributed by atoms with Crippen LogP contribution in [0.1, 0.15) is 5.56 Å². The summed E-state index contributed by atoms with van der Waals surface area (Å²) in [7, 11) is 0. The molecule has 18 heavy (non-hydrogen) atoms. The highest BCUT2D eigenvalue weighted by atomic mass is 35.5. The molecule has 0 amide bonds. The van der Waals surface area contributed by atoms with E-state index in [0.29, 0.717) is 22.1 Å². The Morgan fingerprint density at radius 2 is 1.83 bits per heavy atom. The summed E-state index contributed by atoms with van der Waals surface area (Å²) in [6.45, 7) is 0.472. The monoisotopic (exact) mass is 277 g/mol. The van der Waals surface area contributed by atoms with Gasteiger partial charge in [0, 0.05) is 21.8 Å². The molecular weight excluding hydrogens is 269 g/mol. The summed E-state index contributed by atoms with van der Waals surface area (Å²) in [6.07, 6.45) is 3.61. The first kappa shape index (κ1) is 12.7. The molecule has 1 aromatic heterocycles. The highest BCUT2D eigenvalue weighted by molar-refractivity contribution is 6.35. The van der Waals surface area contributed by atoms with Crippen molar-refractivity contribution in [3.8, 4) is 6.19 Å². The molecule has 0 saturated heterocycles. The molecule has 0 aliphatic heterocycles. The Morgan fingerprint density at radius 3 is 2.50 bits per heavy atom. The van der Waals surface area contributed by atoms with Crippen LogP contribution in [0.2, 0.25) is 10.0 Å². The van der Waals surface area contributed by atoms with Crippen LogP contribution >= 0.6 is 23.2 Å². The molecule has 5 heteroatoms. The second-order valence-corrected chi connectivity index (χ2v) is 4.41. The fraction of sp³-hybridized carbons (Fsp3) is 0.0769. The first-order valence-corrected chi connectivity index (χ1v) is 5.99. The third-order valence-corrected chi connectivity index (χ3v) is 3.18. The molecule has 3 nitrogen and oxygen atoms in total. The summed E-state index contributed by atoms with van der Waals surface area (Å²) in [4.78, 5) is 3.74. The number of benzene rings is 1. The highest BCUT2D eigenvalue weighted by Gasteiger charge is 2.06. The lowest BCUT2D eigenvalue weighted by Crippen LogP contribution is -2.20. The van der Waals surface area contributed by atoms with Crippen LogP contribution in [0.25, 0.3) is 0 Å². The van der Waals surface area contributed by atoms with Crippen LogP contribution in [0.4, 0.5) is 0 Å². The third-order valence-electron chi connectivity index (χ3n) is 2.47. The van der Waals surface area contributed by atoms with E-state index in [0.717, 1.165) is 5.56 Å². The summed E-state index contributed by atoms with van der Waals surface area (Å²) in [5.74, 6) is 0. The lowest BCUT2D eigenvalue weighted by atomic mass is 10.2. The van der Waals surface area contributed by atoms with Crippen LogP contribution in [0.15, 0.2) is 47.6 Å². The molecule has 0 atom stereocenters. The third kappa shape index (κ3) is 2.73. The average Bonchev–Trinajstić information content (AvgIpc) is 2.36. The number of aromatic nitrogens is 1. The molecule has 1 heterocycles. The molecule has 90 valence electrons. The Bertz CT molecular complexity index is 648. The molecule has 0 bridgehead atoms. The molecule has 2 rings (SSSR count). The fourth-order valence-corrected chi connectivity index (χ4v) is 2.12. The van der Waals surface area contributed by atoms with Crippen molar-refractivity contribution >= 4 is 23.2 Å². The van der Waals surface area contributed by atoms with Gasteiger partial charge in [0.1, 0.15) is 5.49 Å². The van der Waals surface area contributed by atoms with Gasteiger partial charge in [-0.1, -0.05) is 35.3 Å². The van der Waals surface area contributed by atoms with Crippen molar-refractivity contribution in [2.75, 3.05) is 0 Å². The summed E-state index contributed by atoms with van der Waals surface area (Å²) < 4.78 is 1.82. The predicted octanol–water partition coefficient (Wildman–Crippen LogP) is 3.22. The summed E-state index contributed by atoms with van der Waals surface area (Å²) in [5.41, 5.74) is 1.38. The van der Waals surface area contributed by atoms with Crippen molar-refractivity contribution < 1.29 is 0 Å². The zero-order valence-corrected chi connectivity index (χ0v) is 10.9. The van der Waals surface area contributed by atoms with Crippen molar-refractivity contribution in [2.24, 2.45) is 4.99 Å². The van der Waals surface area contributed by atoms with Gasteiger partial charge in [0.15, 0.2) is 0 Å². The van der Waals surface area contributed by atoms with Crippen molar-refractivity contribution in [1.29, 1.82) is 5.26 Å². The van der Waals surface area contributed by atoms with Crippen LogP contribution in [0.3, 0.4) is 0 Å². The smallest absolute Gasteiger partial charge is 0.207 e. The van der Waals surface area contributed by atoms with E-state index in [2.05, 4.69) is 4.99 Å². The van der Waals surface area contributed by atoms with Gasteiger partial charge in [-0.05, 0) is 24.3 Å². The van der Waals surface area contributed by atoms with Crippen LogP contribution in [-0.2, 0) is 6.54 Å². The number of halogens is 2. The number of pyridine rings is 1. The number of hydrogen-bond donors (Lipinski definition) is 0. The minimum absolute atomic E-state index is 0.472. The van der Waals surface area contributed by atoms with Crippen LogP contribution in [-0.4, -0.2) is 4.57 Å². The van der Waals surface area contributed by atoms with E-state index in [1.807, 2.05) is 22.9 Å². The van der Waals surface area contributed by atoms with E-state index in [1.165, 1.54) is 0 Å². The topological polar surface area (TPSA) is 41.1 Å². The van der Waals surface area contributed by atoms with Crippen LogP contribution in [0, 0.1) is 11.5 Å². The Kier molecular flexibility index (Phi) is 4.03. The number of rotatable bonds is 2. The number of nitriles is 1. The largest absolute Gasteiger partial charge is 0.328 e. The molecule has 1 aromatic carbocycles. The van der Waals surface area contributed by atoms with Gasteiger partial charge in [-0.25, -0.2) is 0 Å². The molecule has 0 radical (unpaired) electrons. The maximum atomic E-state index is 8.64. The predicted molar refractivity (Wildman–Crippen MR) is 71.2 cm³/mol. The average molecular weight is 278 g/mol. The first-order valence-electron chi connectivity index (χ1n) is 5.23. The Morgan fingerprint density at radius 1 is 1.11 bits per heavy atom. The van der Waals surface area contributed by atoms with Gasteiger partial charge >= 0.3 is 0 Å². The molecule has 0 N–H and O–H groups in total. The summed E-state index contributed by atoms with van der Waals surface area (Å²) in [6, 6.07) is 10.8. The lowest BCUT2D eigenvalue weighted by Gasteiger charge is -2.10. The molecule has 0 aliphatic rings. The molecule has 0 saturated carbocycles. The molecule has 0 unspecified atom stereocenters. The minimum Gasteiger partial charge on any atom is -0.328 e. The van der Waals surface area contributed by atoms with Gasteiger partial charge in [0.05, 0.1) is 6.54 Å². The Labute approximate surface area is 115 Å². The van der Waals surface area contributed by atoms with E-state index in [9.17, 15) is 0 Å². The normalized spacial score (nSPS) is 11.3. The van der Waals surface area contributed by atoms with E-state index in [-0.39, 0.29) is 0 Å². The summed E-state index contributed by atoms with van der Waals surface area (Å²) in [5, 5.41) is 9.83. The van der Waals surface area contributed by atoms with Crippen molar-refractivity contribution in [1.82, 2.24) is 4.57 Å². The molecule has 0 fully saturated rings. The maximum absolute atomic E-state index is 8.64. The quantitative estimate of drug-likeness (QED) is 0.777. The van der Waals surface area contributed by atoms with Gasteiger partial charge in [-0.3, -0.25) is 0 Å². The van der Waals surface area contributed by atoms with Gasteiger partial charge < -0.3 is 4.57 Å². The van der Waals surface area contributed by atoms with Gasteiger partial charge in [-0.2, -0.15) is 10.3 Å². The Balaban J connectivity index is 2.48.